The Morgan fingerprint density at radius 3 is 2.72 bits per heavy atom. The molecule has 0 aliphatic heterocycles. The van der Waals surface area contributed by atoms with Crippen LogP contribution in [0.3, 0.4) is 0 Å². The molecule has 1 N–H and O–H groups in total. The third-order valence-electron chi connectivity index (χ3n) is 3.87. The highest BCUT2D eigenvalue weighted by molar-refractivity contribution is 6.31. The number of pyridine rings is 3. The summed E-state index contributed by atoms with van der Waals surface area (Å²) < 4.78 is 12.7. The molecule has 0 spiro atoms. The van der Waals surface area contributed by atoms with E-state index in [0.29, 0.717) is 34.3 Å². The Kier molecular flexibility index (Phi) is 6.80. The van der Waals surface area contributed by atoms with Crippen LogP contribution < -0.4 is 10.2 Å². The van der Waals surface area contributed by atoms with Crippen molar-refractivity contribution >= 4 is 29.0 Å². The molecule has 0 aliphatic rings. The summed E-state index contributed by atoms with van der Waals surface area (Å²) in [4.78, 5) is 29.7. The van der Waals surface area contributed by atoms with Crippen molar-refractivity contribution in [2.75, 3.05) is 5.32 Å². The van der Waals surface area contributed by atoms with E-state index in [2.05, 4.69) is 25.4 Å². The van der Waals surface area contributed by atoms with Crippen LogP contribution in [-0.2, 0) is 6.67 Å². The number of nitrogens with zero attached hydrogens (tertiary/aromatic N) is 4. The summed E-state index contributed by atoms with van der Waals surface area (Å²) in [5, 5.41) is 7.18. The lowest BCUT2D eigenvalue weighted by Crippen LogP contribution is -2.14. The second-order valence-electron chi connectivity index (χ2n) is 5.89. The first-order valence-corrected chi connectivity index (χ1v) is 9.09. The molecule has 148 valence electrons. The van der Waals surface area contributed by atoms with Crippen LogP contribution in [0.25, 0.3) is 0 Å². The van der Waals surface area contributed by atoms with Crippen LogP contribution in [0.2, 0.25) is 5.02 Å². The largest absolute Gasteiger partial charge is 0.353 e. The van der Waals surface area contributed by atoms with Crippen molar-refractivity contribution in [1.82, 2.24) is 15.0 Å². The Morgan fingerprint density at radius 1 is 1.17 bits per heavy atom. The number of carbonyl (C=O) groups excluding carboxylic acids is 1. The minimum absolute atomic E-state index is 0.253. The van der Waals surface area contributed by atoms with Gasteiger partial charge in [0, 0.05) is 35.9 Å². The average Bonchev–Trinajstić information content (AvgIpc) is 2.76. The van der Waals surface area contributed by atoms with E-state index >= 15 is 0 Å². The number of oxime groups is 1. The summed E-state index contributed by atoms with van der Waals surface area (Å²) in [6.07, 6.45) is 7.93. The molecule has 0 radical (unpaired) electrons. The van der Waals surface area contributed by atoms with E-state index in [0.717, 1.165) is 5.56 Å². The van der Waals surface area contributed by atoms with Gasteiger partial charge < -0.3 is 10.2 Å². The number of hydrogen-bond donors (Lipinski definition) is 1. The van der Waals surface area contributed by atoms with Crippen molar-refractivity contribution < 1.29 is 14.0 Å². The molecule has 7 nitrogen and oxygen atoms in total. The van der Waals surface area contributed by atoms with Crippen molar-refractivity contribution in [3.8, 4) is 5.75 Å². The molecule has 3 heterocycles. The van der Waals surface area contributed by atoms with Crippen LogP contribution in [0.15, 0.2) is 60.4 Å². The molecular formula is C20H17ClFN5O2. The predicted octanol–water partition coefficient (Wildman–Crippen LogP) is 4.44. The molecule has 0 aromatic carbocycles. The molecule has 3 rings (SSSR count). The monoisotopic (exact) mass is 413 g/mol. The third kappa shape index (κ3) is 5.32. The standard InChI is InChI=1S/C20H17ClFN5O2/c1-2-17(27-29-18-12-23-6-5-16(18)21)14-3-4-19(25-11-14)26-20(28)15-7-13(8-22)9-24-10-15/h3-7,9-12H,2,8H2,1H3,(H,25,26,28). The molecular weight excluding hydrogens is 397 g/mol. The van der Waals surface area contributed by atoms with E-state index in [1.165, 1.54) is 24.7 Å². The number of nitrogens with one attached hydrogen (secondary N) is 1. The first-order chi connectivity index (χ1) is 14.1. The van der Waals surface area contributed by atoms with Gasteiger partial charge in [-0.2, -0.15) is 0 Å². The molecule has 0 unspecified atom stereocenters. The Balaban J connectivity index is 1.70. The topological polar surface area (TPSA) is 89.4 Å². The number of hydrogen-bond acceptors (Lipinski definition) is 6. The first-order valence-electron chi connectivity index (χ1n) is 8.71. The maximum absolute atomic E-state index is 12.7. The van der Waals surface area contributed by atoms with Gasteiger partial charge in [-0.25, -0.2) is 9.37 Å². The van der Waals surface area contributed by atoms with Crippen LogP contribution in [-0.4, -0.2) is 26.6 Å². The van der Waals surface area contributed by atoms with Gasteiger partial charge in [-0.15, -0.1) is 0 Å². The van der Waals surface area contributed by atoms with E-state index < -0.39 is 12.6 Å². The average molecular weight is 414 g/mol. The fourth-order valence-corrected chi connectivity index (χ4v) is 2.51. The van der Waals surface area contributed by atoms with Crippen LogP contribution >= 0.6 is 11.6 Å². The Labute approximate surface area is 171 Å². The highest BCUT2D eigenvalue weighted by atomic mass is 35.5. The number of amides is 1. The van der Waals surface area contributed by atoms with Gasteiger partial charge in [-0.1, -0.05) is 23.7 Å². The summed E-state index contributed by atoms with van der Waals surface area (Å²) in [6.45, 7) is 1.24. The summed E-state index contributed by atoms with van der Waals surface area (Å²) >= 11 is 6.02. The van der Waals surface area contributed by atoms with Gasteiger partial charge in [0.1, 0.15) is 12.5 Å². The zero-order valence-corrected chi connectivity index (χ0v) is 16.2. The highest BCUT2D eigenvalue weighted by Gasteiger charge is 2.10. The summed E-state index contributed by atoms with van der Waals surface area (Å²) in [5.74, 6) is 0.268. The van der Waals surface area contributed by atoms with E-state index in [1.807, 2.05) is 6.92 Å². The maximum atomic E-state index is 12.7. The molecule has 0 aliphatic carbocycles. The summed E-state index contributed by atoms with van der Waals surface area (Å²) in [6, 6.07) is 6.45. The molecule has 0 atom stereocenters. The van der Waals surface area contributed by atoms with Gasteiger partial charge in [0.05, 0.1) is 22.5 Å². The van der Waals surface area contributed by atoms with Gasteiger partial charge in [-0.3, -0.25) is 14.8 Å². The molecule has 0 saturated carbocycles. The van der Waals surface area contributed by atoms with Gasteiger partial charge in [0.2, 0.25) is 0 Å². The molecule has 0 saturated heterocycles. The van der Waals surface area contributed by atoms with Gasteiger partial charge in [0.15, 0.2) is 5.75 Å². The zero-order chi connectivity index (χ0) is 20.6. The quantitative estimate of drug-likeness (QED) is 0.457. The second kappa shape index (κ2) is 9.70. The van der Waals surface area contributed by atoms with Crippen LogP contribution in [0.1, 0.15) is 34.8 Å². The van der Waals surface area contributed by atoms with Gasteiger partial charge >= 0.3 is 0 Å². The molecule has 0 bridgehead atoms. The van der Waals surface area contributed by atoms with Crippen LogP contribution in [0, 0.1) is 0 Å². The Morgan fingerprint density at radius 2 is 2.03 bits per heavy atom. The van der Waals surface area contributed by atoms with E-state index in [9.17, 15) is 9.18 Å². The molecule has 3 aromatic rings. The molecule has 3 aromatic heterocycles. The number of carbonyl (C=O) groups is 1. The SMILES string of the molecule is CCC(=NOc1cnccc1Cl)c1ccc(NC(=O)c2cncc(CF)c2)nc1. The predicted molar refractivity (Wildman–Crippen MR) is 108 cm³/mol. The number of rotatable bonds is 7. The fraction of sp³-hybridized carbons (Fsp3) is 0.150. The van der Waals surface area contributed by atoms with Crippen LogP contribution in [0.4, 0.5) is 10.2 Å². The first kappa shape index (κ1) is 20.3. The lowest BCUT2D eigenvalue weighted by Gasteiger charge is -2.08. The fourth-order valence-electron chi connectivity index (χ4n) is 2.37. The van der Waals surface area contributed by atoms with Crippen molar-refractivity contribution in [2.24, 2.45) is 5.16 Å². The van der Waals surface area contributed by atoms with Crippen molar-refractivity contribution in [3.05, 3.63) is 77.0 Å². The zero-order valence-electron chi connectivity index (χ0n) is 15.5. The summed E-state index contributed by atoms with van der Waals surface area (Å²) in [7, 11) is 0. The second-order valence-corrected chi connectivity index (χ2v) is 6.30. The third-order valence-corrected chi connectivity index (χ3v) is 4.19. The van der Waals surface area contributed by atoms with E-state index in [1.54, 1.807) is 30.6 Å². The molecule has 1 amide bonds. The van der Waals surface area contributed by atoms with Gasteiger partial charge in [0.25, 0.3) is 5.91 Å². The number of aromatic nitrogens is 3. The van der Waals surface area contributed by atoms with Crippen molar-refractivity contribution in [3.63, 3.8) is 0 Å². The molecule has 29 heavy (non-hydrogen) atoms. The number of halogens is 2. The maximum Gasteiger partial charge on any atom is 0.258 e. The minimum atomic E-state index is -0.688. The number of anilines is 1. The van der Waals surface area contributed by atoms with Crippen LogP contribution in [0.5, 0.6) is 5.75 Å². The highest BCUT2D eigenvalue weighted by Crippen LogP contribution is 2.22. The summed E-state index contributed by atoms with van der Waals surface area (Å²) in [5.41, 5.74) is 1.96. The molecule has 0 fully saturated rings. The van der Waals surface area contributed by atoms with Gasteiger partial charge in [-0.05, 0) is 30.7 Å². The Bertz CT molecular complexity index is 1030. The van der Waals surface area contributed by atoms with E-state index in [4.69, 9.17) is 16.4 Å². The molecule has 9 heteroatoms. The number of alkyl halides is 1. The normalized spacial score (nSPS) is 11.2. The van der Waals surface area contributed by atoms with E-state index in [-0.39, 0.29) is 5.56 Å². The lowest BCUT2D eigenvalue weighted by atomic mass is 10.1. The van der Waals surface area contributed by atoms with Crippen molar-refractivity contribution in [1.29, 1.82) is 0 Å². The van der Waals surface area contributed by atoms with Crippen molar-refractivity contribution in [2.45, 2.75) is 20.0 Å². The Hall–Kier alpha value is -3.39. The minimum Gasteiger partial charge on any atom is -0.353 e. The lowest BCUT2D eigenvalue weighted by molar-refractivity contribution is 0.102. The smallest absolute Gasteiger partial charge is 0.258 e.